The van der Waals surface area contributed by atoms with E-state index in [4.69, 9.17) is 16.3 Å². The van der Waals surface area contributed by atoms with Crippen LogP contribution in [0.25, 0.3) is 0 Å². The molecule has 1 aromatic heterocycles. The summed E-state index contributed by atoms with van der Waals surface area (Å²) in [6.45, 7) is 1.83. The van der Waals surface area contributed by atoms with E-state index in [1.165, 1.54) is 0 Å². The Bertz CT molecular complexity index is 330. The molecule has 3 rings (SSSR count). The Labute approximate surface area is 85.3 Å². The zero-order chi connectivity index (χ0) is 8.84. The molecule has 3 heterocycles. The molecule has 2 unspecified atom stereocenters. The number of halogens is 1. The third-order valence-corrected chi connectivity index (χ3v) is 3.76. The lowest BCUT2D eigenvalue weighted by Gasteiger charge is -2.25. The second kappa shape index (κ2) is 2.83. The van der Waals surface area contributed by atoms with Crippen LogP contribution in [0.5, 0.6) is 0 Å². The van der Waals surface area contributed by atoms with Gasteiger partial charge in [-0.15, -0.1) is 0 Å². The highest BCUT2D eigenvalue weighted by Crippen LogP contribution is 2.35. The van der Waals surface area contributed by atoms with E-state index in [0.29, 0.717) is 12.1 Å². The van der Waals surface area contributed by atoms with Gasteiger partial charge in [0.2, 0.25) is 0 Å². The fourth-order valence-corrected chi connectivity index (χ4v) is 2.99. The van der Waals surface area contributed by atoms with Crippen molar-refractivity contribution in [1.29, 1.82) is 0 Å². The number of nitrogens with zero attached hydrogens (tertiary/aromatic N) is 2. The van der Waals surface area contributed by atoms with Crippen LogP contribution in [0.15, 0.2) is 6.20 Å². The first-order valence-corrected chi connectivity index (χ1v) is 5.52. The fraction of sp³-hybridized carbons (Fsp3) is 0.625. The zero-order valence-corrected chi connectivity index (χ0v) is 8.51. The van der Waals surface area contributed by atoms with Gasteiger partial charge < -0.3 is 9.64 Å². The van der Waals surface area contributed by atoms with Crippen LogP contribution in [0.2, 0.25) is 4.34 Å². The van der Waals surface area contributed by atoms with Crippen molar-refractivity contribution >= 4 is 28.1 Å². The standard InChI is InChI=1S/C8H9ClN2OS/c9-7-2-10-8(13-7)11-3-6-1-5(11)4-12-6/h2,5-6H,1,3-4H2. The Morgan fingerprint density at radius 2 is 2.62 bits per heavy atom. The van der Waals surface area contributed by atoms with E-state index < -0.39 is 0 Å². The number of thiazole rings is 1. The number of morpholine rings is 1. The lowest BCUT2D eigenvalue weighted by Crippen LogP contribution is -2.36. The molecule has 70 valence electrons. The molecule has 2 atom stereocenters. The third kappa shape index (κ3) is 1.24. The molecule has 1 aromatic rings. The molecule has 13 heavy (non-hydrogen) atoms. The smallest absolute Gasteiger partial charge is 0.187 e. The van der Waals surface area contributed by atoms with Crippen LogP contribution in [0, 0.1) is 0 Å². The van der Waals surface area contributed by atoms with E-state index in [1.807, 2.05) is 0 Å². The van der Waals surface area contributed by atoms with Crippen molar-refractivity contribution in [2.24, 2.45) is 0 Å². The van der Waals surface area contributed by atoms with Crippen molar-refractivity contribution in [3.8, 4) is 0 Å². The number of hydrogen-bond donors (Lipinski definition) is 0. The number of hydrogen-bond acceptors (Lipinski definition) is 4. The molecule has 0 aromatic carbocycles. The van der Waals surface area contributed by atoms with Gasteiger partial charge in [0, 0.05) is 6.54 Å². The van der Waals surface area contributed by atoms with Crippen molar-refractivity contribution in [2.45, 2.75) is 18.6 Å². The molecule has 0 saturated carbocycles. The lowest BCUT2D eigenvalue weighted by atomic mass is 10.2. The van der Waals surface area contributed by atoms with E-state index in [2.05, 4.69) is 9.88 Å². The summed E-state index contributed by atoms with van der Waals surface area (Å²) in [5, 5.41) is 1.04. The van der Waals surface area contributed by atoms with Crippen molar-refractivity contribution in [2.75, 3.05) is 18.1 Å². The molecule has 0 spiro atoms. The fourth-order valence-electron chi connectivity index (χ4n) is 2.01. The molecular formula is C8H9ClN2OS. The summed E-state index contributed by atoms with van der Waals surface area (Å²) in [6.07, 6.45) is 3.29. The van der Waals surface area contributed by atoms with Gasteiger partial charge in [-0.25, -0.2) is 4.98 Å². The van der Waals surface area contributed by atoms with Crippen molar-refractivity contribution in [3.63, 3.8) is 0 Å². The normalized spacial score (nSPS) is 31.6. The summed E-state index contributed by atoms with van der Waals surface area (Å²) in [5.74, 6) is 0. The summed E-state index contributed by atoms with van der Waals surface area (Å²) in [4.78, 5) is 6.58. The summed E-state index contributed by atoms with van der Waals surface area (Å²) >= 11 is 7.39. The van der Waals surface area contributed by atoms with Gasteiger partial charge in [-0.1, -0.05) is 22.9 Å². The SMILES string of the molecule is Clc1cnc(N2CC3CC2CO3)s1. The first-order valence-electron chi connectivity index (χ1n) is 4.32. The summed E-state index contributed by atoms with van der Waals surface area (Å²) < 4.78 is 6.28. The van der Waals surface area contributed by atoms with Crippen LogP contribution < -0.4 is 4.90 Å². The highest BCUT2D eigenvalue weighted by Gasteiger charge is 2.40. The van der Waals surface area contributed by atoms with E-state index in [1.54, 1.807) is 17.5 Å². The predicted molar refractivity (Wildman–Crippen MR) is 52.6 cm³/mol. The third-order valence-electron chi connectivity index (χ3n) is 2.61. The van der Waals surface area contributed by atoms with Gasteiger partial charge in [0.15, 0.2) is 5.13 Å². The van der Waals surface area contributed by atoms with E-state index in [9.17, 15) is 0 Å². The maximum atomic E-state index is 5.84. The minimum Gasteiger partial charge on any atom is -0.374 e. The van der Waals surface area contributed by atoms with Gasteiger partial charge in [0.05, 0.1) is 24.9 Å². The highest BCUT2D eigenvalue weighted by atomic mass is 35.5. The maximum Gasteiger partial charge on any atom is 0.187 e. The van der Waals surface area contributed by atoms with E-state index in [0.717, 1.165) is 29.0 Å². The minimum absolute atomic E-state index is 0.424. The molecular weight excluding hydrogens is 208 g/mol. The van der Waals surface area contributed by atoms with Crippen LogP contribution in [0.1, 0.15) is 6.42 Å². The number of rotatable bonds is 1. The molecule has 2 fully saturated rings. The Morgan fingerprint density at radius 1 is 1.69 bits per heavy atom. The first-order chi connectivity index (χ1) is 6.33. The van der Waals surface area contributed by atoms with Gasteiger partial charge in [-0.3, -0.25) is 0 Å². The monoisotopic (exact) mass is 216 g/mol. The summed E-state index contributed by atoms with van der Waals surface area (Å²) in [5.41, 5.74) is 0. The minimum atomic E-state index is 0.424. The summed E-state index contributed by atoms with van der Waals surface area (Å²) in [6, 6.07) is 0.534. The van der Waals surface area contributed by atoms with E-state index in [-0.39, 0.29) is 0 Å². The van der Waals surface area contributed by atoms with Gasteiger partial charge >= 0.3 is 0 Å². The number of anilines is 1. The average molecular weight is 217 g/mol. The van der Waals surface area contributed by atoms with Crippen LogP contribution in [-0.2, 0) is 4.74 Å². The number of fused-ring (bicyclic) bond motifs is 2. The van der Waals surface area contributed by atoms with Crippen LogP contribution in [0.4, 0.5) is 5.13 Å². The molecule has 3 nitrogen and oxygen atoms in total. The van der Waals surface area contributed by atoms with Crippen molar-refractivity contribution in [3.05, 3.63) is 10.5 Å². The zero-order valence-electron chi connectivity index (χ0n) is 6.94. The van der Waals surface area contributed by atoms with Gasteiger partial charge in [0.1, 0.15) is 4.34 Å². The highest BCUT2D eigenvalue weighted by molar-refractivity contribution is 7.19. The molecule has 0 radical (unpaired) electrons. The Balaban J connectivity index is 1.87. The molecule has 0 N–H and O–H groups in total. The molecule has 0 aliphatic carbocycles. The quantitative estimate of drug-likeness (QED) is 0.716. The molecule has 0 amide bonds. The van der Waals surface area contributed by atoms with Crippen LogP contribution >= 0.6 is 22.9 Å². The Morgan fingerprint density at radius 3 is 3.15 bits per heavy atom. The first kappa shape index (κ1) is 8.03. The molecule has 2 aliphatic rings. The molecule has 2 saturated heterocycles. The average Bonchev–Trinajstić information content (AvgIpc) is 2.77. The number of ether oxygens (including phenoxy) is 1. The van der Waals surface area contributed by atoms with Gasteiger partial charge in [-0.05, 0) is 6.42 Å². The number of aromatic nitrogens is 1. The summed E-state index contributed by atoms with van der Waals surface area (Å²) in [7, 11) is 0. The van der Waals surface area contributed by atoms with Crippen molar-refractivity contribution < 1.29 is 4.74 Å². The Kier molecular flexibility index (Phi) is 1.75. The second-order valence-electron chi connectivity index (χ2n) is 3.44. The topological polar surface area (TPSA) is 25.4 Å². The Hall–Kier alpha value is -0.320. The molecule has 2 bridgehead atoms. The predicted octanol–water partition coefficient (Wildman–Crippen LogP) is 1.77. The van der Waals surface area contributed by atoms with Crippen molar-refractivity contribution in [1.82, 2.24) is 4.98 Å². The second-order valence-corrected chi connectivity index (χ2v) is 5.08. The van der Waals surface area contributed by atoms with Crippen LogP contribution in [-0.4, -0.2) is 30.3 Å². The van der Waals surface area contributed by atoms with E-state index >= 15 is 0 Å². The lowest BCUT2D eigenvalue weighted by molar-refractivity contribution is 0.0991. The molecule has 5 heteroatoms. The molecule has 2 aliphatic heterocycles. The van der Waals surface area contributed by atoms with Gasteiger partial charge in [-0.2, -0.15) is 0 Å². The van der Waals surface area contributed by atoms with Crippen LogP contribution in [0.3, 0.4) is 0 Å². The maximum absolute atomic E-state index is 5.84. The van der Waals surface area contributed by atoms with Gasteiger partial charge in [0.25, 0.3) is 0 Å². The largest absolute Gasteiger partial charge is 0.374 e.